The van der Waals surface area contributed by atoms with Crippen molar-refractivity contribution in [3.05, 3.63) is 59.7 Å². The normalized spacial score (nSPS) is 10.7. The highest BCUT2D eigenvalue weighted by Crippen LogP contribution is 2.35. The number of carbonyl (C=O) groups excluding carboxylic acids is 1. The minimum atomic E-state index is -0.386. The van der Waals surface area contributed by atoms with Gasteiger partial charge in [-0.1, -0.05) is 19.0 Å². The van der Waals surface area contributed by atoms with E-state index < -0.39 is 0 Å². The van der Waals surface area contributed by atoms with E-state index in [0.717, 1.165) is 22.5 Å². The van der Waals surface area contributed by atoms with Crippen molar-refractivity contribution in [2.45, 2.75) is 26.7 Å². The monoisotopic (exact) mass is 439 g/mol. The Kier molecular flexibility index (Phi) is 6.50. The molecule has 4 rings (SSSR count). The molecule has 1 aromatic carbocycles. The number of nitrogens with zero attached hydrogens (tertiary/aromatic N) is 4. The molecule has 0 fully saturated rings. The Morgan fingerprint density at radius 1 is 1.10 bits per heavy atom. The molecule has 0 radical (unpaired) electrons. The fraction of sp³-hybridized carbons (Fsp3) is 0.227. The van der Waals surface area contributed by atoms with E-state index in [4.69, 9.17) is 9.26 Å². The van der Waals surface area contributed by atoms with Gasteiger partial charge in [-0.3, -0.25) is 0 Å². The summed E-state index contributed by atoms with van der Waals surface area (Å²) in [6, 6.07) is 10.9. The average Bonchev–Trinajstić information content (AvgIpc) is 3.24. The summed E-state index contributed by atoms with van der Waals surface area (Å²) >= 11 is 0. The Morgan fingerprint density at radius 2 is 1.84 bits per heavy atom. The van der Waals surface area contributed by atoms with Crippen molar-refractivity contribution in [1.29, 1.82) is 0 Å². The molecule has 0 aliphatic heterocycles. The molecule has 0 bridgehead atoms. The third-order valence-corrected chi connectivity index (χ3v) is 4.63. The minimum Gasteiger partial charge on any atom is -0.465 e. The van der Waals surface area contributed by atoms with Gasteiger partial charge in [-0.25, -0.2) is 14.8 Å². The topological polar surface area (TPSA) is 103 Å². The van der Waals surface area contributed by atoms with Crippen molar-refractivity contribution < 1.29 is 14.1 Å². The third-order valence-electron chi connectivity index (χ3n) is 4.63. The first-order valence-electron chi connectivity index (χ1n) is 9.52. The molecule has 0 unspecified atom stereocenters. The second-order valence-corrected chi connectivity index (χ2v) is 7.18. The molecule has 0 aliphatic rings. The zero-order valence-electron chi connectivity index (χ0n) is 17.5. The van der Waals surface area contributed by atoms with Gasteiger partial charge in [0.1, 0.15) is 0 Å². The van der Waals surface area contributed by atoms with E-state index >= 15 is 0 Å². The van der Waals surface area contributed by atoms with Crippen LogP contribution in [0.15, 0.2) is 47.1 Å². The van der Waals surface area contributed by atoms with Gasteiger partial charge in [0.2, 0.25) is 0 Å². The van der Waals surface area contributed by atoms with Crippen LogP contribution in [0.1, 0.15) is 41.6 Å². The number of ether oxygens (including phenoxy) is 1. The van der Waals surface area contributed by atoms with Gasteiger partial charge in [0, 0.05) is 28.9 Å². The summed E-state index contributed by atoms with van der Waals surface area (Å²) in [4.78, 5) is 25.2. The lowest BCUT2D eigenvalue weighted by Gasteiger charge is -2.13. The molecule has 0 atom stereocenters. The fourth-order valence-corrected chi connectivity index (χ4v) is 3.00. The van der Waals surface area contributed by atoms with Gasteiger partial charge in [-0.2, -0.15) is 4.98 Å². The second kappa shape index (κ2) is 9.09. The molecule has 0 amide bonds. The van der Waals surface area contributed by atoms with Crippen LogP contribution < -0.4 is 5.32 Å². The van der Waals surface area contributed by atoms with Crippen LogP contribution in [0.25, 0.3) is 22.5 Å². The molecule has 3 heterocycles. The van der Waals surface area contributed by atoms with Gasteiger partial charge in [-0.05, 0) is 43.3 Å². The Balaban J connectivity index is 0.00000272. The van der Waals surface area contributed by atoms with Gasteiger partial charge in [0.05, 0.1) is 23.9 Å². The maximum absolute atomic E-state index is 11.7. The maximum atomic E-state index is 11.7. The number of anilines is 2. The van der Waals surface area contributed by atoms with E-state index in [1.165, 1.54) is 7.11 Å². The molecule has 1 N–H and O–H groups in total. The number of halogens is 1. The Morgan fingerprint density at radius 3 is 2.48 bits per heavy atom. The summed E-state index contributed by atoms with van der Waals surface area (Å²) < 4.78 is 10.3. The first-order valence-corrected chi connectivity index (χ1v) is 9.52. The molecule has 0 saturated heterocycles. The van der Waals surface area contributed by atoms with Crippen LogP contribution in [0.4, 0.5) is 11.4 Å². The van der Waals surface area contributed by atoms with E-state index in [9.17, 15) is 4.79 Å². The molecule has 4 aromatic rings. The van der Waals surface area contributed by atoms with Gasteiger partial charge >= 0.3 is 5.97 Å². The standard InChI is InChI=1S/C22H21N5O3.ClH/c1-12(2)19-26-21(30-27-19)17-11-23-20-16(10-5-13(3)24-20)18(17)25-15-8-6-14(7-9-15)22(28)29-4;/h5-12H,1-4H3,(H,23,24,25);1H. The number of fused-ring (bicyclic) bond motifs is 1. The first kappa shape index (κ1) is 22.2. The van der Waals surface area contributed by atoms with Gasteiger partial charge < -0.3 is 14.6 Å². The molecule has 0 aliphatic carbocycles. The predicted octanol–water partition coefficient (Wildman–Crippen LogP) is 5.06. The van der Waals surface area contributed by atoms with E-state index in [2.05, 4.69) is 25.4 Å². The third kappa shape index (κ3) is 4.49. The van der Waals surface area contributed by atoms with Crippen LogP contribution >= 0.6 is 12.4 Å². The number of hydrogen-bond donors (Lipinski definition) is 1. The number of hydrogen-bond acceptors (Lipinski definition) is 8. The molecular weight excluding hydrogens is 418 g/mol. The Bertz CT molecular complexity index is 1220. The van der Waals surface area contributed by atoms with E-state index in [-0.39, 0.29) is 24.3 Å². The van der Waals surface area contributed by atoms with Crippen molar-refractivity contribution in [1.82, 2.24) is 20.1 Å². The highest BCUT2D eigenvalue weighted by molar-refractivity contribution is 5.98. The van der Waals surface area contributed by atoms with Gasteiger partial charge in [-0.15, -0.1) is 12.4 Å². The second-order valence-electron chi connectivity index (χ2n) is 7.18. The quantitative estimate of drug-likeness (QED) is 0.430. The van der Waals surface area contributed by atoms with Crippen LogP contribution in [-0.2, 0) is 4.74 Å². The number of rotatable bonds is 5. The van der Waals surface area contributed by atoms with Crippen LogP contribution in [0.2, 0.25) is 0 Å². The highest BCUT2D eigenvalue weighted by atomic mass is 35.5. The number of aryl methyl sites for hydroxylation is 1. The summed E-state index contributed by atoms with van der Waals surface area (Å²) in [5.74, 6) is 0.758. The largest absolute Gasteiger partial charge is 0.465 e. The lowest BCUT2D eigenvalue weighted by atomic mass is 10.1. The van der Waals surface area contributed by atoms with Crippen molar-refractivity contribution in [3.8, 4) is 11.5 Å². The maximum Gasteiger partial charge on any atom is 0.337 e. The molecule has 31 heavy (non-hydrogen) atoms. The van der Waals surface area contributed by atoms with Crippen LogP contribution in [0, 0.1) is 6.92 Å². The summed E-state index contributed by atoms with van der Waals surface area (Å²) in [5.41, 5.74) is 4.15. The number of nitrogens with one attached hydrogen (secondary N) is 1. The van der Waals surface area contributed by atoms with Gasteiger partial charge in [0.25, 0.3) is 5.89 Å². The Hall–Kier alpha value is -3.52. The van der Waals surface area contributed by atoms with Crippen LogP contribution in [-0.4, -0.2) is 33.2 Å². The van der Waals surface area contributed by atoms with E-state index in [1.807, 2.05) is 32.9 Å². The lowest BCUT2D eigenvalue weighted by Crippen LogP contribution is -2.02. The fourth-order valence-electron chi connectivity index (χ4n) is 3.00. The lowest BCUT2D eigenvalue weighted by molar-refractivity contribution is 0.0601. The zero-order valence-corrected chi connectivity index (χ0v) is 18.4. The zero-order chi connectivity index (χ0) is 21.3. The van der Waals surface area contributed by atoms with Gasteiger partial charge in [0.15, 0.2) is 11.5 Å². The smallest absolute Gasteiger partial charge is 0.337 e. The number of benzene rings is 1. The number of esters is 1. The van der Waals surface area contributed by atoms with E-state index in [1.54, 1.807) is 30.5 Å². The average molecular weight is 440 g/mol. The number of methoxy groups -OCH3 is 1. The predicted molar refractivity (Wildman–Crippen MR) is 120 cm³/mol. The molecule has 0 saturated carbocycles. The molecule has 9 heteroatoms. The highest BCUT2D eigenvalue weighted by Gasteiger charge is 2.19. The summed E-state index contributed by atoms with van der Waals surface area (Å²) in [6.07, 6.45) is 1.68. The van der Waals surface area contributed by atoms with Crippen LogP contribution in [0.3, 0.4) is 0 Å². The number of carbonyl (C=O) groups is 1. The van der Waals surface area contributed by atoms with Crippen molar-refractivity contribution in [2.75, 3.05) is 12.4 Å². The van der Waals surface area contributed by atoms with Crippen molar-refractivity contribution in [3.63, 3.8) is 0 Å². The number of aromatic nitrogens is 4. The summed E-state index contributed by atoms with van der Waals surface area (Å²) in [6.45, 7) is 5.92. The van der Waals surface area contributed by atoms with Crippen molar-refractivity contribution >= 4 is 40.8 Å². The number of pyridine rings is 2. The van der Waals surface area contributed by atoms with Crippen LogP contribution in [0.5, 0.6) is 0 Å². The van der Waals surface area contributed by atoms with Crippen molar-refractivity contribution in [2.24, 2.45) is 0 Å². The molecule has 160 valence electrons. The molecule has 8 nitrogen and oxygen atoms in total. The molecular formula is C22H22ClN5O3. The summed E-state index contributed by atoms with van der Waals surface area (Å²) in [5, 5.41) is 8.28. The summed E-state index contributed by atoms with van der Waals surface area (Å²) in [7, 11) is 1.36. The Labute approximate surface area is 185 Å². The molecule has 3 aromatic heterocycles. The molecule has 0 spiro atoms. The SMILES string of the molecule is COC(=O)c1ccc(Nc2c(-c3nc(C(C)C)no3)cnc3nc(C)ccc23)cc1.Cl. The van der Waals surface area contributed by atoms with E-state index in [0.29, 0.717) is 28.5 Å². The minimum absolute atomic E-state index is 0. The first-order chi connectivity index (χ1) is 14.5.